The molecule has 2 heteroatoms. The molecule has 2 aliphatic carbocycles. The average molecular weight is 373 g/mol. The van der Waals surface area contributed by atoms with E-state index in [-0.39, 0.29) is 5.92 Å². The number of fused-ring (bicyclic) bond motifs is 1. The van der Waals surface area contributed by atoms with E-state index in [2.05, 4.69) is 60.7 Å². The Morgan fingerprint density at radius 3 is 2.04 bits per heavy atom. The van der Waals surface area contributed by atoms with E-state index < -0.39 is 0 Å². The highest BCUT2D eigenvalue weighted by atomic mass is 32.1. The molecule has 1 aromatic heterocycles. The van der Waals surface area contributed by atoms with Crippen LogP contribution >= 0.6 is 11.3 Å². The number of carbonyl (C=O) groups is 1. The summed E-state index contributed by atoms with van der Waals surface area (Å²) >= 11 is 1.72. The molecule has 1 fully saturated rings. The van der Waals surface area contributed by atoms with Crippen molar-refractivity contribution in [3.05, 3.63) is 71.1 Å². The molecule has 0 bridgehead atoms. The minimum Gasteiger partial charge on any atom is -0.293 e. The maximum absolute atomic E-state index is 13.3. The highest BCUT2D eigenvalue weighted by Gasteiger charge is 2.40. The third-order valence-electron chi connectivity index (χ3n) is 6.31. The molecule has 2 aromatic carbocycles. The van der Waals surface area contributed by atoms with E-state index in [1.54, 1.807) is 11.3 Å². The summed E-state index contributed by atoms with van der Waals surface area (Å²) in [7, 11) is 0. The van der Waals surface area contributed by atoms with Crippen LogP contribution in [0.4, 0.5) is 0 Å². The van der Waals surface area contributed by atoms with Crippen LogP contribution in [-0.2, 0) is 6.42 Å². The normalized spacial score (nSPS) is 20.0. The van der Waals surface area contributed by atoms with Crippen molar-refractivity contribution in [1.29, 1.82) is 0 Å². The molecule has 1 saturated carbocycles. The summed E-state index contributed by atoms with van der Waals surface area (Å²) in [4.78, 5) is 15.6. The zero-order valence-electron chi connectivity index (χ0n) is 15.5. The van der Waals surface area contributed by atoms with E-state index in [9.17, 15) is 4.79 Å². The van der Waals surface area contributed by atoms with Crippen LogP contribution in [0, 0.1) is 11.8 Å². The highest BCUT2D eigenvalue weighted by Crippen LogP contribution is 2.50. The van der Waals surface area contributed by atoms with Crippen molar-refractivity contribution in [3.8, 4) is 21.6 Å². The summed E-state index contributed by atoms with van der Waals surface area (Å²) in [6.45, 7) is 0. The van der Waals surface area contributed by atoms with Gasteiger partial charge in [0.1, 0.15) is 0 Å². The van der Waals surface area contributed by atoms with E-state index >= 15 is 0 Å². The molecular weight excluding hydrogens is 348 g/mol. The Kier molecular flexibility index (Phi) is 4.45. The highest BCUT2D eigenvalue weighted by molar-refractivity contribution is 7.18. The summed E-state index contributed by atoms with van der Waals surface area (Å²) in [5, 5.41) is 0. The Morgan fingerprint density at radius 2 is 1.37 bits per heavy atom. The number of carbonyl (C=O) groups excluding carboxylic acids is 1. The van der Waals surface area contributed by atoms with Crippen molar-refractivity contribution in [1.82, 2.24) is 0 Å². The summed E-state index contributed by atoms with van der Waals surface area (Å²) in [6, 6.07) is 21.2. The number of thiophene rings is 1. The summed E-state index contributed by atoms with van der Waals surface area (Å²) in [5.74, 6) is 1.23. The zero-order valence-corrected chi connectivity index (χ0v) is 16.3. The monoisotopic (exact) mass is 372 g/mol. The first-order chi connectivity index (χ1) is 13.3. The fourth-order valence-corrected chi connectivity index (χ4v) is 6.32. The molecule has 0 amide bonds. The largest absolute Gasteiger partial charge is 0.293 e. The number of hydrogen-bond acceptors (Lipinski definition) is 2. The van der Waals surface area contributed by atoms with Crippen LogP contribution in [0.2, 0.25) is 0 Å². The van der Waals surface area contributed by atoms with Crippen LogP contribution in [0.15, 0.2) is 60.7 Å². The van der Waals surface area contributed by atoms with Crippen LogP contribution in [-0.4, -0.2) is 5.78 Å². The van der Waals surface area contributed by atoms with E-state index in [1.807, 2.05) is 0 Å². The lowest BCUT2D eigenvalue weighted by Gasteiger charge is -2.26. The standard InChI is InChI=1S/C25H24OS/c26-23-20(17-10-4-1-5-11-17)16-21-22(18-12-6-2-7-13-18)24(27-25(21)23)19-14-8-3-9-15-19/h2-3,6-9,12-15,17,20H,1,4-5,10-11,16H2. The maximum Gasteiger partial charge on any atom is 0.176 e. The molecule has 0 spiro atoms. The zero-order chi connectivity index (χ0) is 18.2. The van der Waals surface area contributed by atoms with Gasteiger partial charge in [-0.25, -0.2) is 0 Å². The van der Waals surface area contributed by atoms with Crippen LogP contribution in [0.1, 0.15) is 47.3 Å². The quantitative estimate of drug-likeness (QED) is 0.483. The molecule has 0 saturated heterocycles. The second-order valence-electron chi connectivity index (χ2n) is 7.92. The first-order valence-corrected chi connectivity index (χ1v) is 11.0. The molecule has 27 heavy (non-hydrogen) atoms. The van der Waals surface area contributed by atoms with Gasteiger partial charge < -0.3 is 0 Å². The van der Waals surface area contributed by atoms with Gasteiger partial charge in [0, 0.05) is 16.4 Å². The number of ketones is 1. The van der Waals surface area contributed by atoms with Crippen molar-refractivity contribution in [2.75, 3.05) is 0 Å². The average Bonchev–Trinajstić information content (AvgIpc) is 3.27. The fraction of sp³-hybridized carbons (Fsp3) is 0.320. The second kappa shape index (κ2) is 7.09. The third kappa shape index (κ3) is 2.96. The summed E-state index contributed by atoms with van der Waals surface area (Å²) in [5.41, 5.74) is 5.07. The Balaban J connectivity index is 1.62. The van der Waals surface area contributed by atoms with Gasteiger partial charge in [0.2, 0.25) is 0 Å². The minimum absolute atomic E-state index is 0.221. The predicted octanol–water partition coefficient (Wildman–Crippen LogP) is 7.02. The Bertz CT molecular complexity index is 949. The molecule has 0 aliphatic heterocycles. The van der Waals surface area contributed by atoms with Crippen molar-refractivity contribution in [3.63, 3.8) is 0 Å². The molecule has 5 rings (SSSR count). The molecule has 136 valence electrons. The van der Waals surface area contributed by atoms with Gasteiger partial charge in [-0.15, -0.1) is 11.3 Å². The Morgan fingerprint density at radius 1 is 0.741 bits per heavy atom. The molecule has 0 N–H and O–H groups in total. The van der Waals surface area contributed by atoms with Crippen LogP contribution in [0.25, 0.3) is 21.6 Å². The molecule has 0 radical (unpaired) electrons. The van der Waals surface area contributed by atoms with Crippen LogP contribution in [0.3, 0.4) is 0 Å². The van der Waals surface area contributed by atoms with Crippen molar-refractivity contribution in [2.24, 2.45) is 11.8 Å². The van der Waals surface area contributed by atoms with Crippen molar-refractivity contribution < 1.29 is 4.79 Å². The minimum atomic E-state index is 0.221. The van der Waals surface area contributed by atoms with E-state index in [1.165, 1.54) is 59.2 Å². The number of Topliss-reactive ketones (excluding diaryl/α,β-unsaturated/α-hetero) is 1. The van der Waals surface area contributed by atoms with Crippen molar-refractivity contribution in [2.45, 2.75) is 38.5 Å². The van der Waals surface area contributed by atoms with E-state index in [4.69, 9.17) is 0 Å². The fourth-order valence-electron chi connectivity index (χ4n) is 4.96. The van der Waals surface area contributed by atoms with Crippen LogP contribution < -0.4 is 0 Å². The van der Waals surface area contributed by atoms with Gasteiger partial charge in [-0.2, -0.15) is 0 Å². The molecule has 2 aliphatic rings. The van der Waals surface area contributed by atoms with Gasteiger partial charge in [0.15, 0.2) is 5.78 Å². The first kappa shape index (κ1) is 16.9. The topological polar surface area (TPSA) is 17.1 Å². The van der Waals surface area contributed by atoms with Gasteiger partial charge in [-0.1, -0.05) is 79.9 Å². The second-order valence-corrected chi connectivity index (χ2v) is 8.94. The molecular formula is C25H24OS. The van der Waals surface area contributed by atoms with Gasteiger partial charge in [-0.05, 0) is 41.9 Å². The van der Waals surface area contributed by atoms with E-state index in [0.29, 0.717) is 11.7 Å². The van der Waals surface area contributed by atoms with Crippen LogP contribution in [0.5, 0.6) is 0 Å². The Hall–Kier alpha value is -2.19. The maximum atomic E-state index is 13.3. The van der Waals surface area contributed by atoms with Gasteiger partial charge >= 0.3 is 0 Å². The molecule has 1 heterocycles. The molecule has 1 nitrogen and oxygen atoms in total. The van der Waals surface area contributed by atoms with Crippen molar-refractivity contribution >= 4 is 17.1 Å². The van der Waals surface area contributed by atoms with Gasteiger partial charge in [0.25, 0.3) is 0 Å². The van der Waals surface area contributed by atoms with Gasteiger partial charge in [0.05, 0.1) is 4.88 Å². The molecule has 1 unspecified atom stereocenters. The molecule has 3 aromatic rings. The lowest BCUT2D eigenvalue weighted by atomic mass is 9.78. The number of benzene rings is 2. The lowest BCUT2D eigenvalue weighted by Crippen LogP contribution is -2.22. The smallest absolute Gasteiger partial charge is 0.176 e. The first-order valence-electron chi connectivity index (χ1n) is 10.1. The lowest BCUT2D eigenvalue weighted by molar-refractivity contribution is 0.0872. The predicted molar refractivity (Wildman–Crippen MR) is 113 cm³/mol. The SMILES string of the molecule is O=C1c2sc(-c3ccccc3)c(-c3ccccc3)c2CC1C1CCCCC1. The van der Waals surface area contributed by atoms with E-state index in [0.717, 1.165) is 11.3 Å². The number of rotatable bonds is 3. The molecule has 1 atom stereocenters. The third-order valence-corrected chi connectivity index (χ3v) is 7.60. The summed E-state index contributed by atoms with van der Waals surface area (Å²) in [6.07, 6.45) is 7.33. The summed E-state index contributed by atoms with van der Waals surface area (Å²) < 4.78 is 0. The number of hydrogen-bond donors (Lipinski definition) is 0. The Labute approximate surface area is 165 Å². The van der Waals surface area contributed by atoms with Gasteiger partial charge in [-0.3, -0.25) is 4.79 Å².